The van der Waals surface area contributed by atoms with Crippen molar-refractivity contribution in [2.24, 2.45) is 0 Å². The van der Waals surface area contributed by atoms with Gasteiger partial charge in [-0.1, -0.05) is 30.3 Å². The number of nitrogens with zero attached hydrogens (tertiary/aromatic N) is 4. The van der Waals surface area contributed by atoms with Crippen LogP contribution in [-0.4, -0.2) is 47.6 Å². The van der Waals surface area contributed by atoms with Crippen molar-refractivity contribution in [3.05, 3.63) is 81.8 Å². The Morgan fingerprint density at radius 2 is 1.61 bits per heavy atom. The smallest absolute Gasteiger partial charge is 0.257 e. The van der Waals surface area contributed by atoms with Gasteiger partial charge in [-0.25, -0.2) is 4.98 Å². The van der Waals surface area contributed by atoms with Crippen LogP contribution in [0, 0.1) is 0 Å². The fourth-order valence-electron chi connectivity index (χ4n) is 4.46. The second-order valence-corrected chi connectivity index (χ2v) is 8.33. The zero-order valence-electron chi connectivity index (χ0n) is 17.6. The summed E-state index contributed by atoms with van der Waals surface area (Å²) in [6, 6.07) is 18.4. The Bertz CT molecular complexity index is 1090. The Labute approximate surface area is 182 Å². The van der Waals surface area contributed by atoms with E-state index >= 15 is 0 Å². The number of nitrogens with two attached hydrogens (primary N) is 1. The lowest BCUT2D eigenvalue weighted by atomic mass is 10.1. The van der Waals surface area contributed by atoms with Crippen molar-refractivity contribution in [3.63, 3.8) is 0 Å². The molecule has 0 amide bonds. The molecule has 3 heterocycles. The molecule has 0 saturated carbocycles. The first kappa shape index (κ1) is 19.6. The van der Waals surface area contributed by atoms with Crippen LogP contribution < -0.4 is 21.1 Å². The maximum absolute atomic E-state index is 12.9. The van der Waals surface area contributed by atoms with E-state index in [4.69, 9.17) is 10.7 Å². The zero-order valence-corrected chi connectivity index (χ0v) is 17.6. The summed E-state index contributed by atoms with van der Waals surface area (Å²) in [6.45, 7) is 5.85. The van der Waals surface area contributed by atoms with Crippen molar-refractivity contribution in [1.29, 1.82) is 0 Å². The summed E-state index contributed by atoms with van der Waals surface area (Å²) in [4.78, 5) is 27.6. The Morgan fingerprint density at radius 1 is 0.903 bits per heavy atom. The molecule has 160 valence electrons. The second kappa shape index (κ2) is 8.43. The van der Waals surface area contributed by atoms with Gasteiger partial charge in [0.1, 0.15) is 0 Å². The van der Waals surface area contributed by atoms with Gasteiger partial charge in [0, 0.05) is 63.6 Å². The summed E-state index contributed by atoms with van der Waals surface area (Å²) in [7, 11) is 0. The van der Waals surface area contributed by atoms with Crippen LogP contribution in [0.1, 0.15) is 16.8 Å². The Hall–Kier alpha value is -3.32. The number of aromatic nitrogens is 2. The molecule has 0 spiro atoms. The molecule has 2 aliphatic heterocycles. The molecule has 0 bridgehead atoms. The van der Waals surface area contributed by atoms with E-state index < -0.39 is 0 Å². The first-order chi connectivity index (χ1) is 15.2. The SMILES string of the molecule is Nc1ccc(N2CCN(c3nc4c(c(=O)[nH]3)CN(Cc3ccccc3)CC4)CC2)cc1. The molecule has 2 aromatic carbocycles. The molecule has 7 nitrogen and oxygen atoms in total. The molecular formula is C24H28N6O. The highest BCUT2D eigenvalue weighted by atomic mass is 16.1. The number of aromatic amines is 1. The molecule has 1 aromatic heterocycles. The minimum atomic E-state index is -0.00118. The number of piperazine rings is 1. The molecule has 0 aliphatic carbocycles. The highest BCUT2D eigenvalue weighted by Crippen LogP contribution is 2.21. The fourth-order valence-corrected chi connectivity index (χ4v) is 4.46. The molecule has 3 N–H and O–H groups in total. The van der Waals surface area contributed by atoms with Gasteiger partial charge in [-0.3, -0.25) is 14.7 Å². The van der Waals surface area contributed by atoms with Gasteiger partial charge in [0.15, 0.2) is 0 Å². The van der Waals surface area contributed by atoms with Crippen LogP contribution in [0.25, 0.3) is 0 Å². The summed E-state index contributed by atoms with van der Waals surface area (Å²) in [5.74, 6) is 0.706. The van der Waals surface area contributed by atoms with Crippen LogP contribution in [0.2, 0.25) is 0 Å². The van der Waals surface area contributed by atoms with Crippen LogP contribution in [0.4, 0.5) is 17.3 Å². The highest BCUT2D eigenvalue weighted by Gasteiger charge is 2.24. The standard InChI is InChI=1S/C24H28N6O/c25-19-6-8-20(9-7-19)29-12-14-30(15-13-29)24-26-22-10-11-28(17-21(22)23(31)27-24)16-18-4-2-1-3-5-18/h1-9H,10-17,25H2,(H,26,27,31). The van der Waals surface area contributed by atoms with E-state index in [1.54, 1.807) is 0 Å². The van der Waals surface area contributed by atoms with Crippen molar-refractivity contribution in [3.8, 4) is 0 Å². The Balaban J connectivity index is 1.26. The summed E-state index contributed by atoms with van der Waals surface area (Å²) in [5, 5.41) is 0. The number of benzene rings is 2. The van der Waals surface area contributed by atoms with E-state index in [-0.39, 0.29) is 5.56 Å². The number of rotatable bonds is 4. The van der Waals surface area contributed by atoms with Crippen LogP contribution in [0.15, 0.2) is 59.4 Å². The van der Waals surface area contributed by atoms with Crippen molar-refractivity contribution < 1.29 is 0 Å². The molecule has 0 atom stereocenters. The van der Waals surface area contributed by atoms with Gasteiger partial charge in [0.2, 0.25) is 5.95 Å². The normalized spacial score (nSPS) is 16.9. The average molecular weight is 417 g/mol. The lowest BCUT2D eigenvalue weighted by Gasteiger charge is -2.37. The number of H-pyrrole nitrogens is 1. The van der Waals surface area contributed by atoms with E-state index in [0.29, 0.717) is 12.5 Å². The molecule has 31 heavy (non-hydrogen) atoms. The van der Waals surface area contributed by atoms with Gasteiger partial charge in [-0.05, 0) is 29.8 Å². The third-order valence-corrected chi connectivity index (χ3v) is 6.22. The molecule has 0 radical (unpaired) electrons. The van der Waals surface area contributed by atoms with Crippen LogP contribution >= 0.6 is 0 Å². The molecule has 1 fully saturated rings. The van der Waals surface area contributed by atoms with Gasteiger partial charge in [-0.2, -0.15) is 0 Å². The molecule has 1 saturated heterocycles. The minimum absolute atomic E-state index is 0.00118. The molecule has 7 heteroatoms. The maximum atomic E-state index is 12.9. The zero-order chi connectivity index (χ0) is 21.2. The van der Waals surface area contributed by atoms with Gasteiger partial charge in [0.05, 0.1) is 11.3 Å². The molecule has 2 aliphatic rings. The fraction of sp³-hybridized carbons (Fsp3) is 0.333. The first-order valence-electron chi connectivity index (χ1n) is 10.9. The van der Waals surface area contributed by atoms with Gasteiger partial charge < -0.3 is 15.5 Å². The Morgan fingerprint density at radius 3 is 2.35 bits per heavy atom. The number of anilines is 3. The highest BCUT2D eigenvalue weighted by molar-refractivity contribution is 5.54. The van der Waals surface area contributed by atoms with Gasteiger partial charge in [-0.15, -0.1) is 0 Å². The van der Waals surface area contributed by atoms with E-state index in [1.807, 2.05) is 18.2 Å². The third kappa shape index (κ3) is 4.27. The van der Waals surface area contributed by atoms with Crippen LogP contribution in [-0.2, 0) is 19.5 Å². The third-order valence-electron chi connectivity index (χ3n) is 6.22. The van der Waals surface area contributed by atoms with E-state index in [9.17, 15) is 4.79 Å². The lowest BCUT2D eigenvalue weighted by Crippen LogP contribution is -2.48. The van der Waals surface area contributed by atoms with E-state index in [0.717, 1.165) is 62.6 Å². The molecule has 0 unspecified atom stereocenters. The lowest BCUT2D eigenvalue weighted by molar-refractivity contribution is 0.242. The molecular weight excluding hydrogens is 388 g/mol. The monoisotopic (exact) mass is 416 g/mol. The predicted molar refractivity (Wildman–Crippen MR) is 124 cm³/mol. The number of nitrogen functional groups attached to an aromatic ring is 1. The largest absolute Gasteiger partial charge is 0.399 e. The van der Waals surface area contributed by atoms with E-state index in [2.05, 4.69) is 56.1 Å². The summed E-state index contributed by atoms with van der Waals surface area (Å²) in [5.41, 5.74) is 10.8. The summed E-state index contributed by atoms with van der Waals surface area (Å²) in [6.07, 6.45) is 0.810. The quantitative estimate of drug-likeness (QED) is 0.635. The molecule has 3 aromatic rings. The summed E-state index contributed by atoms with van der Waals surface area (Å²) < 4.78 is 0. The Kier molecular flexibility index (Phi) is 5.34. The predicted octanol–water partition coefficient (Wildman–Crippen LogP) is 2.24. The van der Waals surface area contributed by atoms with E-state index in [1.165, 1.54) is 11.3 Å². The minimum Gasteiger partial charge on any atom is -0.399 e. The maximum Gasteiger partial charge on any atom is 0.257 e. The second-order valence-electron chi connectivity index (χ2n) is 8.33. The summed E-state index contributed by atoms with van der Waals surface area (Å²) >= 11 is 0. The van der Waals surface area contributed by atoms with Crippen molar-refractivity contribution in [1.82, 2.24) is 14.9 Å². The first-order valence-corrected chi connectivity index (χ1v) is 10.9. The van der Waals surface area contributed by atoms with Crippen LogP contribution in [0.3, 0.4) is 0 Å². The number of hydrogen-bond donors (Lipinski definition) is 2. The van der Waals surface area contributed by atoms with Crippen molar-refractivity contribution in [2.75, 3.05) is 48.3 Å². The average Bonchev–Trinajstić information content (AvgIpc) is 2.81. The number of fused-ring (bicyclic) bond motifs is 1. The van der Waals surface area contributed by atoms with Crippen molar-refractivity contribution >= 4 is 17.3 Å². The van der Waals surface area contributed by atoms with Gasteiger partial charge in [0.25, 0.3) is 5.56 Å². The topological polar surface area (TPSA) is 81.5 Å². The van der Waals surface area contributed by atoms with Crippen molar-refractivity contribution in [2.45, 2.75) is 19.5 Å². The van der Waals surface area contributed by atoms with Crippen LogP contribution in [0.5, 0.6) is 0 Å². The van der Waals surface area contributed by atoms with Gasteiger partial charge >= 0.3 is 0 Å². The number of hydrogen-bond acceptors (Lipinski definition) is 6. The molecule has 5 rings (SSSR count). The number of nitrogens with one attached hydrogen (secondary N) is 1.